The number of rotatable bonds is 5. The summed E-state index contributed by atoms with van der Waals surface area (Å²) in [7, 11) is 0. The van der Waals surface area contributed by atoms with Crippen LogP contribution in [0.4, 0.5) is 11.9 Å². The Labute approximate surface area is 117 Å². The lowest BCUT2D eigenvalue weighted by Gasteiger charge is -2.26. The van der Waals surface area contributed by atoms with E-state index in [4.69, 9.17) is 10.9 Å². The highest BCUT2D eigenvalue weighted by Crippen LogP contribution is 2.23. The van der Waals surface area contributed by atoms with E-state index >= 15 is 0 Å². The standard InChI is InChI=1S/C11H20N6OS/c1-8(7-18)19-11-14-9(16-12)13-10(15-11)17-5-3-2-4-6-17/h8,18H,2-7,12H2,1H3,(H,13,14,15,16). The number of nitrogens with zero attached hydrogens (tertiary/aromatic N) is 4. The lowest BCUT2D eigenvalue weighted by Crippen LogP contribution is -2.31. The second-order valence-corrected chi connectivity index (χ2v) is 5.95. The van der Waals surface area contributed by atoms with Gasteiger partial charge in [-0.3, -0.25) is 5.43 Å². The molecule has 1 aliphatic heterocycles. The van der Waals surface area contributed by atoms with Gasteiger partial charge in [0, 0.05) is 18.3 Å². The highest BCUT2D eigenvalue weighted by molar-refractivity contribution is 7.99. The molecule has 0 bridgehead atoms. The Morgan fingerprint density at radius 3 is 2.68 bits per heavy atom. The first-order valence-corrected chi connectivity index (χ1v) is 7.36. The monoisotopic (exact) mass is 284 g/mol. The topological polar surface area (TPSA) is 100 Å². The van der Waals surface area contributed by atoms with Crippen LogP contribution < -0.4 is 16.2 Å². The second-order valence-electron chi connectivity index (χ2n) is 4.54. The highest BCUT2D eigenvalue weighted by atomic mass is 32.2. The predicted octanol–water partition coefficient (Wildman–Crippen LogP) is 0.620. The Kier molecular flexibility index (Phi) is 5.17. The van der Waals surface area contributed by atoms with E-state index in [1.807, 2.05) is 6.92 Å². The summed E-state index contributed by atoms with van der Waals surface area (Å²) >= 11 is 1.42. The number of anilines is 2. The molecule has 1 aromatic rings. The lowest BCUT2D eigenvalue weighted by molar-refractivity contribution is 0.300. The number of hydrogen-bond acceptors (Lipinski definition) is 8. The van der Waals surface area contributed by atoms with Crippen LogP contribution in [0, 0.1) is 0 Å². The molecule has 1 atom stereocenters. The van der Waals surface area contributed by atoms with Crippen LogP contribution in [0.3, 0.4) is 0 Å². The first kappa shape index (κ1) is 14.3. The van der Waals surface area contributed by atoms with Gasteiger partial charge in [-0.2, -0.15) is 15.0 Å². The van der Waals surface area contributed by atoms with Crippen molar-refractivity contribution in [1.82, 2.24) is 15.0 Å². The van der Waals surface area contributed by atoms with Gasteiger partial charge in [0.05, 0.1) is 6.61 Å². The van der Waals surface area contributed by atoms with Crippen molar-refractivity contribution in [3.63, 3.8) is 0 Å². The fraction of sp³-hybridized carbons (Fsp3) is 0.727. The maximum atomic E-state index is 9.10. The highest BCUT2D eigenvalue weighted by Gasteiger charge is 2.17. The quantitative estimate of drug-likeness (QED) is 0.411. The number of hydrogen-bond donors (Lipinski definition) is 3. The molecule has 1 unspecified atom stereocenters. The van der Waals surface area contributed by atoms with Crippen molar-refractivity contribution >= 4 is 23.7 Å². The van der Waals surface area contributed by atoms with Crippen LogP contribution in [0.5, 0.6) is 0 Å². The Bertz CT molecular complexity index is 412. The number of piperidine rings is 1. The molecule has 0 aliphatic carbocycles. The predicted molar refractivity (Wildman–Crippen MR) is 76.1 cm³/mol. The van der Waals surface area contributed by atoms with Crippen LogP contribution >= 0.6 is 11.8 Å². The molecule has 1 fully saturated rings. The van der Waals surface area contributed by atoms with E-state index in [1.54, 1.807) is 0 Å². The molecule has 2 rings (SSSR count). The van der Waals surface area contributed by atoms with Crippen LogP contribution in [-0.2, 0) is 0 Å². The van der Waals surface area contributed by atoms with E-state index < -0.39 is 0 Å². The van der Waals surface area contributed by atoms with Crippen LogP contribution in [0.1, 0.15) is 26.2 Å². The van der Waals surface area contributed by atoms with E-state index in [1.165, 1.54) is 18.2 Å². The molecule has 0 saturated carbocycles. The van der Waals surface area contributed by atoms with E-state index in [0.29, 0.717) is 17.1 Å². The zero-order valence-corrected chi connectivity index (χ0v) is 11.9. The lowest BCUT2D eigenvalue weighted by atomic mass is 10.1. The van der Waals surface area contributed by atoms with Gasteiger partial charge in [0.15, 0.2) is 5.16 Å². The van der Waals surface area contributed by atoms with Gasteiger partial charge >= 0.3 is 0 Å². The largest absolute Gasteiger partial charge is 0.395 e. The third-order valence-corrected chi connectivity index (χ3v) is 3.88. The summed E-state index contributed by atoms with van der Waals surface area (Å²) in [5.74, 6) is 6.43. The second kappa shape index (κ2) is 6.88. The molecule has 8 heteroatoms. The van der Waals surface area contributed by atoms with Crippen LogP contribution in [0.15, 0.2) is 5.16 Å². The number of aliphatic hydroxyl groups is 1. The van der Waals surface area contributed by atoms with Gasteiger partial charge in [0.1, 0.15) is 0 Å². The maximum absolute atomic E-state index is 9.10. The van der Waals surface area contributed by atoms with Crippen molar-refractivity contribution < 1.29 is 5.11 Å². The van der Waals surface area contributed by atoms with E-state index in [2.05, 4.69) is 25.3 Å². The van der Waals surface area contributed by atoms with Gasteiger partial charge in [0.2, 0.25) is 11.9 Å². The van der Waals surface area contributed by atoms with Crippen molar-refractivity contribution in [1.29, 1.82) is 0 Å². The Morgan fingerprint density at radius 1 is 1.32 bits per heavy atom. The number of aromatic nitrogens is 3. The third-order valence-electron chi connectivity index (χ3n) is 2.93. The Hall–Kier alpha value is -1.12. The molecule has 0 amide bonds. The van der Waals surface area contributed by atoms with Crippen LogP contribution in [0.25, 0.3) is 0 Å². The Morgan fingerprint density at radius 2 is 2.05 bits per heavy atom. The smallest absolute Gasteiger partial charge is 0.242 e. The fourth-order valence-electron chi connectivity index (χ4n) is 1.92. The summed E-state index contributed by atoms with van der Waals surface area (Å²) in [6.07, 6.45) is 3.58. The minimum absolute atomic E-state index is 0.0437. The van der Waals surface area contributed by atoms with Gasteiger partial charge < -0.3 is 10.0 Å². The average Bonchev–Trinajstić information content (AvgIpc) is 2.47. The SMILES string of the molecule is CC(CO)Sc1nc(NN)nc(N2CCCCC2)n1. The summed E-state index contributed by atoms with van der Waals surface area (Å²) in [6.45, 7) is 3.94. The van der Waals surface area contributed by atoms with E-state index in [9.17, 15) is 0 Å². The number of nitrogen functional groups attached to an aromatic ring is 1. The molecular formula is C11H20N6OS. The molecule has 2 heterocycles. The molecule has 0 spiro atoms. The summed E-state index contributed by atoms with van der Waals surface area (Å²) < 4.78 is 0. The fourth-order valence-corrected chi connectivity index (χ4v) is 2.62. The summed E-state index contributed by atoms with van der Waals surface area (Å²) in [6, 6.07) is 0. The molecule has 1 saturated heterocycles. The average molecular weight is 284 g/mol. The van der Waals surface area contributed by atoms with Crippen LogP contribution in [0.2, 0.25) is 0 Å². The number of nitrogens with one attached hydrogen (secondary N) is 1. The first-order valence-electron chi connectivity index (χ1n) is 6.48. The van der Waals surface area contributed by atoms with Gasteiger partial charge in [0.25, 0.3) is 0 Å². The molecule has 4 N–H and O–H groups in total. The molecule has 7 nitrogen and oxygen atoms in total. The van der Waals surface area contributed by atoms with Crippen molar-refractivity contribution in [3.05, 3.63) is 0 Å². The molecular weight excluding hydrogens is 264 g/mol. The van der Waals surface area contributed by atoms with Crippen LogP contribution in [-0.4, -0.2) is 45.0 Å². The molecule has 1 aromatic heterocycles. The summed E-state index contributed by atoms with van der Waals surface area (Å²) in [4.78, 5) is 15.1. The minimum atomic E-state index is 0.0437. The van der Waals surface area contributed by atoms with Gasteiger partial charge in [-0.15, -0.1) is 0 Å². The van der Waals surface area contributed by atoms with Gasteiger partial charge in [-0.05, 0) is 19.3 Å². The molecule has 106 valence electrons. The normalized spacial score (nSPS) is 17.3. The first-order chi connectivity index (χ1) is 9.22. The van der Waals surface area contributed by atoms with E-state index in [0.717, 1.165) is 25.9 Å². The summed E-state index contributed by atoms with van der Waals surface area (Å²) in [5.41, 5.74) is 2.47. The third kappa shape index (κ3) is 3.92. The number of thioether (sulfide) groups is 1. The zero-order chi connectivity index (χ0) is 13.7. The van der Waals surface area contributed by atoms with Crippen molar-refractivity contribution in [2.24, 2.45) is 5.84 Å². The zero-order valence-electron chi connectivity index (χ0n) is 11.0. The van der Waals surface area contributed by atoms with Crippen molar-refractivity contribution in [2.45, 2.75) is 36.6 Å². The van der Waals surface area contributed by atoms with Gasteiger partial charge in [-0.25, -0.2) is 5.84 Å². The van der Waals surface area contributed by atoms with Gasteiger partial charge in [-0.1, -0.05) is 18.7 Å². The Balaban J connectivity index is 2.19. The molecule has 1 aliphatic rings. The molecule has 0 aromatic carbocycles. The molecule has 19 heavy (non-hydrogen) atoms. The maximum Gasteiger partial charge on any atom is 0.242 e. The molecule has 0 radical (unpaired) electrons. The summed E-state index contributed by atoms with van der Waals surface area (Å²) in [5, 5.41) is 9.73. The number of aliphatic hydroxyl groups excluding tert-OH is 1. The number of hydrazine groups is 1. The van der Waals surface area contributed by atoms with E-state index in [-0.39, 0.29) is 11.9 Å². The number of nitrogens with two attached hydrogens (primary N) is 1. The minimum Gasteiger partial charge on any atom is -0.395 e. The van der Waals surface area contributed by atoms with Crippen molar-refractivity contribution in [3.8, 4) is 0 Å². The van der Waals surface area contributed by atoms with Crippen molar-refractivity contribution in [2.75, 3.05) is 30.0 Å².